The van der Waals surface area contributed by atoms with Crippen LogP contribution >= 0.6 is 0 Å². The van der Waals surface area contributed by atoms with Gasteiger partial charge in [-0.2, -0.15) is 0 Å². The van der Waals surface area contributed by atoms with Gasteiger partial charge in [0, 0.05) is 0 Å². The summed E-state index contributed by atoms with van der Waals surface area (Å²) in [4.78, 5) is 13.5. The topological polar surface area (TPSA) is 48.0 Å². The van der Waals surface area contributed by atoms with E-state index in [1.807, 2.05) is 20.8 Å². The summed E-state index contributed by atoms with van der Waals surface area (Å²) in [5.74, 6) is 0. The zero-order valence-corrected chi connectivity index (χ0v) is 10.1. The van der Waals surface area contributed by atoms with E-state index in [-0.39, 0.29) is 18.3 Å². The number of likely N-dealkylation sites (tertiary alicyclic amines) is 1. The zero-order chi connectivity index (χ0) is 11.8. The van der Waals surface area contributed by atoms with Crippen molar-refractivity contribution in [1.82, 2.24) is 4.90 Å². The van der Waals surface area contributed by atoms with Crippen molar-refractivity contribution < 1.29 is 19.0 Å². The molecule has 2 saturated heterocycles. The second kappa shape index (κ2) is 4.22. The van der Waals surface area contributed by atoms with Gasteiger partial charge in [-0.25, -0.2) is 4.79 Å². The van der Waals surface area contributed by atoms with Crippen molar-refractivity contribution in [2.45, 2.75) is 38.6 Å². The Kier molecular flexibility index (Phi) is 3.08. The summed E-state index contributed by atoms with van der Waals surface area (Å²) in [5.41, 5.74) is -0.452. The molecule has 2 unspecified atom stereocenters. The molecule has 0 radical (unpaired) electrons. The van der Waals surface area contributed by atoms with Gasteiger partial charge in [0.15, 0.2) is 0 Å². The number of amides is 1. The highest BCUT2D eigenvalue weighted by atomic mass is 16.6. The second-order valence-corrected chi connectivity index (χ2v) is 5.20. The summed E-state index contributed by atoms with van der Waals surface area (Å²) in [6.07, 6.45) is -0.253. The van der Waals surface area contributed by atoms with Gasteiger partial charge < -0.3 is 19.1 Å². The third-order valence-electron chi connectivity index (χ3n) is 2.61. The summed E-state index contributed by atoms with van der Waals surface area (Å²) in [7, 11) is 0. The molecule has 0 aromatic rings. The van der Waals surface area contributed by atoms with Crippen molar-refractivity contribution in [2.75, 3.05) is 26.3 Å². The first-order valence-corrected chi connectivity index (χ1v) is 5.67. The molecule has 5 nitrogen and oxygen atoms in total. The molecule has 2 aliphatic rings. The lowest BCUT2D eigenvalue weighted by Crippen LogP contribution is -2.36. The van der Waals surface area contributed by atoms with Gasteiger partial charge in [-0.1, -0.05) is 0 Å². The summed E-state index contributed by atoms with van der Waals surface area (Å²) in [5, 5.41) is 0. The molecule has 0 bridgehead atoms. The second-order valence-electron chi connectivity index (χ2n) is 5.20. The van der Waals surface area contributed by atoms with Crippen LogP contribution in [0, 0.1) is 0 Å². The molecule has 2 atom stereocenters. The van der Waals surface area contributed by atoms with Gasteiger partial charge >= 0.3 is 6.09 Å². The molecule has 2 heterocycles. The van der Waals surface area contributed by atoms with E-state index in [1.165, 1.54) is 0 Å². The molecule has 1 amide bonds. The molecule has 0 aromatic heterocycles. The maximum Gasteiger partial charge on any atom is 0.410 e. The zero-order valence-electron chi connectivity index (χ0n) is 10.1. The van der Waals surface area contributed by atoms with Crippen LogP contribution in [0.1, 0.15) is 20.8 Å². The van der Waals surface area contributed by atoms with Crippen LogP contribution in [0.4, 0.5) is 4.79 Å². The Labute approximate surface area is 95.6 Å². The van der Waals surface area contributed by atoms with Crippen molar-refractivity contribution in [3.05, 3.63) is 0 Å². The summed E-state index contributed by atoms with van der Waals surface area (Å²) < 4.78 is 16.4. The maximum atomic E-state index is 11.8. The largest absolute Gasteiger partial charge is 0.444 e. The van der Waals surface area contributed by atoms with Gasteiger partial charge in [-0.05, 0) is 20.8 Å². The fourth-order valence-corrected chi connectivity index (χ4v) is 1.94. The van der Waals surface area contributed by atoms with Crippen LogP contribution in [-0.2, 0) is 14.2 Å². The minimum atomic E-state index is -0.452. The van der Waals surface area contributed by atoms with E-state index in [4.69, 9.17) is 14.2 Å². The van der Waals surface area contributed by atoms with E-state index in [9.17, 15) is 4.79 Å². The minimum Gasteiger partial charge on any atom is -0.444 e. The molecule has 16 heavy (non-hydrogen) atoms. The van der Waals surface area contributed by atoms with Gasteiger partial charge in [0.2, 0.25) is 0 Å². The number of hydrogen-bond acceptors (Lipinski definition) is 4. The van der Waals surface area contributed by atoms with Crippen molar-refractivity contribution in [3.63, 3.8) is 0 Å². The minimum absolute atomic E-state index is 0.0151. The smallest absolute Gasteiger partial charge is 0.410 e. The number of carbonyl (C=O) groups excluding carboxylic acids is 1. The van der Waals surface area contributed by atoms with Gasteiger partial charge in [-0.15, -0.1) is 0 Å². The third kappa shape index (κ3) is 2.65. The van der Waals surface area contributed by atoms with Crippen LogP contribution in [0.15, 0.2) is 0 Å². The molecule has 2 fully saturated rings. The lowest BCUT2D eigenvalue weighted by molar-refractivity contribution is -0.116. The quantitative estimate of drug-likeness (QED) is 0.622. The van der Waals surface area contributed by atoms with Crippen LogP contribution in [0.25, 0.3) is 0 Å². The van der Waals surface area contributed by atoms with Crippen LogP contribution in [0.2, 0.25) is 0 Å². The first kappa shape index (κ1) is 11.7. The predicted molar refractivity (Wildman–Crippen MR) is 57.3 cm³/mol. The van der Waals surface area contributed by atoms with Crippen molar-refractivity contribution in [2.24, 2.45) is 0 Å². The summed E-state index contributed by atoms with van der Waals surface area (Å²) >= 11 is 0. The summed E-state index contributed by atoms with van der Waals surface area (Å²) in [6.45, 7) is 7.95. The SMILES string of the molecule is CC(C)(C)OC(=O)N1CC2OCCOC2C1. The van der Waals surface area contributed by atoms with Crippen LogP contribution in [0.3, 0.4) is 0 Å². The summed E-state index contributed by atoms with van der Waals surface area (Å²) in [6, 6.07) is 0. The van der Waals surface area contributed by atoms with Crippen LogP contribution in [0.5, 0.6) is 0 Å². The molecular formula is C11H19NO4. The highest BCUT2D eigenvalue weighted by Crippen LogP contribution is 2.22. The molecule has 0 aromatic carbocycles. The molecule has 2 aliphatic heterocycles. The number of rotatable bonds is 0. The Morgan fingerprint density at radius 2 is 1.69 bits per heavy atom. The van der Waals surface area contributed by atoms with E-state index >= 15 is 0 Å². The number of ether oxygens (including phenoxy) is 3. The molecule has 0 spiro atoms. The lowest BCUT2D eigenvalue weighted by Gasteiger charge is -2.24. The van der Waals surface area contributed by atoms with E-state index in [0.29, 0.717) is 26.3 Å². The average molecular weight is 229 g/mol. The van der Waals surface area contributed by atoms with E-state index in [2.05, 4.69) is 0 Å². The van der Waals surface area contributed by atoms with Gasteiger partial charge in [0.25, 0.3) is 0 Å². The number of nitrogens with zero attached hydrogens (tertiary/aromatic N) is 1. The third-order valence-corrected chi connectivity index (χ3v) is 2.61. The highest BCUT2D eigenvalue weighted by Gasteiger charge is 2.40. The Morgan fingerprint density at radius 3 is 2.12 bits per heavy atom. The molecule has 0 saturated carbocycles. The Morgan fingerprint density at radius 1 is 1.19 bits per heavy atom. The first-order chi connectivity index (χ1) is 7.46. The number of hydrogen-bond donors (Lipinski definition) is 0. The molecule has 92 valence electrons. The molecule has 0 aliphatic carbocycles. The normalized spacial score (nSPS) is 30.1. The molecular weight excluding hydrogens is 210 g/mol. The number of fused-ring (bicyclic) bond motifs is 1. The van der Waals surface area contributed by atoms with Gasteiger partial charge in [-0.3, -0.25) is 0 Å². The van der Waals surface area contributed by atoms with Crippen molar-refractivity contribution >= 4 is 6.09 Å². The van der Waals surface area contributed by atoms with Crippen molar-refractivity contribution in [1.29, 1.82) is 0 Å². The standard InChI is InChI=1S/C11H19NO4/c1-11(2,3)16-10(13)12-6-8-9(7-12)15-5-4-14-8/h8-9H,4-7H2,1-3H3. The monoisotopic (exact) mass is 229 g/mol. The van der Waals surface area contributed by atoms with E-state index in [1.54, 1.807) is 4.90 Å². The Bertz CT molecular complexity index is 260. The fraction of sp³-hybridized carbons (Fsp3) is 0.909. The predicted octanol–water partition coefficient (Wildman–Crippen LogP) is 1.02. The lowest BCUT2D eigenvalue weighted by atomic mass is 10.2. The Hall–Kier alpha value is -0.810. The Balaban J connectivity index is 1.90. The average Bonchev–Trinajstić information content (AvgIpc) is 2.58. The maximum absolute atomic E-state index is 11.8. The van der Waals surface area contributed by atoms with Gasteiger partial charge in [0.1, 0.15) is 17.8 Å². The highest BCUT2D eigenvalue weighted by molar-refractivity contribution is 5.68. The first-order valence-electron chi connectivity index (χ1n) is 5.67. The van der Waals surface area contributed by atoms with E-state index < -0.39 is 5.60 Å². The fourth-order valence-electron chi connectivity index (χ4n) is 1.94. The van der Waals surface area contributed by atoms with Crippen LogP contribution < -0.4 is 0 Å². The van der Waals surface area contributed by atoms with E-state index in [0.717, 1.165) is 0 Å². The molecule has 2 rings (SSSR count). The molecule has 5 heteroatoms. The molecule has 0 N–H and O–H groups in total. The van der Waals surface area contributed by atoms with Crippen molar-refractivity contribution in [3.8, 4) is 0 Å². The van der Waals surface area contributed by atoms with Crippen LogP contribution in [-0.4, -0.2) is 55.1 Å². The van der Waals surface area contributed by atoms with Gasteiger partial charge in [0.05, 0.1) is 26.3 Å². The number of carbonyl (C=O) groups is 1.